The van der Waals surface area contributed by atoms with E-state index in [-0.39, 0.29) is 5.54 Å². The van der Waals surface area contributed by atoms with E-state index in [0.717, 1.165) is 12.1 Å². The largest absolute Gasteiger partial charge is 0.177 e. The predicted octanol–water partition coefficient (Wildman–Crippen LogP) is 5.10. The normalized spacial score (nSPS) is 14.6. The number of nitrogens with zero attached hydrogens (tertiary/aromatic N) is 2. The molecule has 0 aliphatic rings. The van der Waals surface area contributed by atoms with Crippen molar-refractivity contribution in [3.05, 3.63) is 66.2 Å². The van der Waals surface area contributed by atoms with E-state index in [1.165, 1.54) is 5.56 Å². The molecule has 0 aromatic heterocycles. The Morgan fingerprint density at radius 2 is 1.44 bits per heavy atom. The molecular weight excluding hydrogens is 220 g/mol. The third-order valence-corrected chi connectivity index (χ3v) is 3.23. The second kappa shape index (κ2) is 5.58. The zero-order valence-corrected chi connectivity index (χ0v) is 10.9. The van der Waals surface area contributed by atoms with Gasteiger partial charge < -0.3 is 0 Å². The monoisotopic (exact) mass is 238 g/mol. The first-order valence-electron chi connectivity index (χ1n) is 6.28. The van der Waals surface area contributed by atoms with Crippen LogP contribution in [0.2, 0.25) is 0 Å². The SMILES string of the molecule is CCC(C)(N=Nc1ccccc1)c1ccccc1. The fraction of sp³-hybridized carbons (Fsp3) is 0.250. The second-order valence-corrected chi connectivity index (χ2v) is 4.53. The number of hydrogen-bond donors (Lipinski definition) is 0. The van der Waals surface area contributed by atoms with E-state index >= 15 is 0 Å². The Morgan fingerprint density at radius 1 is 0.889 bits per heavy atom. The summed E-state index contributed by atoms with van der Waals surface area (Å²) in [5.74, 6) is 0. The first-order valence-corrected chi connectivity index (χ1v) is 6.28. The molecule has 0 aliphatic carbocycles. The van der Waals surface area contributed by atoms with E-state index in [0.29, 0.717) is 0 Å². The molecule has 2 aromatic rings. The van der Waals surface area contributed by atoms with Gasteiger partial charge in [0.15, 0.2) is 0 Å². The fourth-order valence-corrected chi connectivity index (χ4v) is 1.79. The lowest BCUT2D eigenvalue weighted by Crippen LogP contribution is -2.16. The molecule has 2 aromatic carbocycles. The lowest BCUT2D eigenvalue weighted by molar-refractivity contribution is 0.456. The molecular formula is C16H18N2. The first kappa shape index (κ1) is 12.5. The summed E-state index contributed by atoms with van der Waals surface area (Å²) in [4.78, 5) is 0. The molecule has 1 unspecified atom stereocenters. The number of azo groups is 1. The molecule has 2 heteroatoms. The lowest BCUT2D eigenvalue weighted by Gasteiger charge is -2.22. The lowest BCUT2D eigenvalue weighted by atomic mass is 9.90. The van der Waals surface area contributed by atoms with Crippen LogP contribution in [0.15, 0.2) is 70.9 Å². The Morgan fingerprint density at radius 3 is 2.00 bits per heavy atom. The molecule has 1 atom stereocenters. The van der Waals surface area contributed by atoms with Crippen LogP contribution in [-0.4, -0.2) is 0 Å². The van der Waals surface area contributed by atoms with E-state index in [1.54, 1.807) is 0 Å². The fourth-order valence-electron chi connectivity index (χ4n) is 1.79. The zero-order valence-electron chi connectivity index (χ0n) is 10.9. The van der Waals surface area contributed by atoms with Crippen molar-refractivity contribution in [1.29, 1.82) is 0 Å². The van der Waals surface area contributed by atoms with Crippen LogP contribution in [0.3, 0.4) is 0 Å². The van der Waals surface area contributed by atoms with Gasteiger partial charge in [-0.1, -0.05) is 55.5 Å². The molecule has 0 radical (unpaired) electrons. The average Bonchev–Trinajstić information content (AvgIpc) is 2.47. The molecule has 2 nitrogen and oxygen atoms in total. The van der Waals surface area contributed by atoms with Crippen molar-refractivity contribution >= 4 is 5.69 Å². The van der Waals surface area contributed by atoms with Gasteiger partial charge in [0.25, 0.3) is 0 Å². The van der Waals surface area contributed by atoms with Crippen molar-refractivity contribution in [1.82, 2.24) is 0 Å². The topological polar surface area (TPSA) is 24.7 Å². The molecule has 0 heterocycles. The minimum absolute atomic E-state index is 0.253. The highest BCUT2D eigenvalue weighted by atomic mass is 15.1. The summed E-state index contributed by atoms with van der Waals surface area (Å²) in [5, 5.41) is 8.89. The second-order valence-electron chi connectivity index (χ2n) is 4.53. The summed E-state index contributed by atoms with van der Waals surface area (Å²) in [5.41, 5.74) is 1.84. The highest BCUT2D eigenvalue weighted by Gasteiger charge is 2.23. The van der Waals surface area contributed by atoms with Crippen LogP contribution in [0.4, 0.5) is 5.69 Å². The summed E-state index contributed by atoms with van der Waals surface area (Å²) in [6, 6.07) is 20.2. The highest BCUT2D eigenvalue weighted by molar-refractivity contribution is 5.35. The Bertz CT molecular complexity index is 505. The van der Waals surface area contributed by atoms with E-state index in [4.69, 9.17) is 0 Å². The van der Waals surface area contributed by atoms with Gasteiger partial charge in [-0.2, -0.15) is 10.2 Å². The number of benzene rings is 2. The Hall–Kier alpha value is -1.96. The van der Waals surface area contributed by atoms with Crippen LogP contribution in [0.1, 0.15) is 25.8 Å². The summed E-state index contributed by atoms with van der Waals surface area (Å²) in [6.07, 6.45) is 0.924. The summed E-state index contributed by atoms with van der Waals surface area (Å²) in [7, 11) is 0. The minimum atomic E-state index is -0.253. The number of rotatable bonds is 4. The summed E-state index contributed by atoms with van der Waals surface area (Å²) in [6.45, 7) is 4.26. The van der Waals surface area contributed by atoms with Crippen molar-refractivity contribution in [2.75, 3.05) is 0 Å². The molecule has 0 fully saturated rings. The zero-order chi connectivity index (χ0) is 12.8. The molecule has 0 bridgehead atoms. The van der Waals surface area contributed by atoms with Gasteiger partial charge in [0.05, 0.1) is 5.69 Å². The van der Waals surface area contributed by atoms with Gasteiger partial charge in [-0.25, -0.2) is 0 Å². The van der Waals surface area contributed by atoms with E-state index < -0.39 is 0 Å². The smallest absolute Gasteiger partial charge is 0.104 e. The third-order valence-electron chi connectivity index (χ3n) is 3.23. The molecule has 0 amide bonds. The number of hydrogen-bond acceptors (Lipinski definition) is 2. The molecule has 0 aliphatic heterocycles. The van der Waals surface area contributed by atoms with Crippen molar-refractivity contribution in [2.45, 2.75) is 25.8 Å². The van der Waals surface area contributed by atoms with Crippen molar-refractivity contribution in [2.24, 2.45) is 10.2 Å². The van der Waals surface area contributed by atoms with Crippen LogP contribution < -0.4 is 0 Å². The maximum absolute atomic E-state index is 4.54. The van der Waals surface area contributed by atoms with Gasteiger partial charge in [0, 0.05) is 0 Å². The molecule has 2 rings (SSSR count). The molecule has 92 valence electrons. The molecule has 0 N–H and O–H groups in total. The standard InChI is InChI=1S/C16H18N2/c1-3-16(2,14-10-6-4-7-11-14)18-17-15-12-8-5-9-13-15/h4-13H,3H2,1-2H3. The highest BCUT2D eigenvalue weighted by Crippen LogP contribution is 2.30. The molecule has 0 saturated heterocycles. The van der Waals surface area contributed by atoms with Gasteiger partial charge in [-0.15, -0.1) is 0 Å². The van der Waals surface area contributed by atoms with Gasteiger partial charge in [-0.05, 0) is 31.0 Å². The average molecular weight is 238 g/mol. The summed E-state index contributed by atoms with van der Waals surface area (Å²) < 4.78 is 0. The van der Waals surface area contributed by atoms with Crippen LogP contribution in [0.25, 0.3) is 0 Å². The van der Waals surface area contributed by atoms with Gasteiger partial charge in [-0.3, -0.25) is 0 Å². The van der Waals surface area contributed by atoms with Crippen molar-refractivity contribution in [3.8, 4) is 0 Å². The maximum atomic E-state index is 4.54. The van der Waals surface area contributed by atoms with Gasteiger partial charge in [0.2, 0.25) is 0 Å². The van der Waals surface area contributed by atoms with E-state index in [9.17, 15) is 0 Å². The molecule has 0 spiro atoms. The van der Waals surface area contributed by atoms with Gasteiger partial charge >= 0.3 is 0 Å². The minimum Gasteiger partial charge on any atom is -0.177 e. The summed E-state index contributed by atoms with van der Waals surface area (Å²) >= 11 is 0. The van der Waals surface area contributed by atoms with Crippen LogP contribution in [0.5, 0.6) is 0 Å². The van der Waals surface area contributed by atoms with Gasteiger partial charge in [0.1, 0.15) is 5.54 Å². The Kier molecular flexibility index (Phi) is 3.88. The Balaban J connectivity index is 2.27. The molecule has 0 saturated carbocycles. The third kappa shape index (κ3) is 2.83. The van der Waals surface area contributed by atoms with Crippen LogP contribution in [0, 0.1) is 0 Å². The maximum Gasteiger partial charge on any atom is 0.104 e. The van der Waals surface area contributed by atoms with Crippen LogP contribution in [-0.2, 0) is 5.54 Å². The van der Waals surface area contributed by atoms with E-state index in [1.807, 2.05) is 48.5 Å². The quantitative estimate of drug-likeness (QED) is 0.662. The molecule has 18 heavy (non-hydrogen) atoms. The van der Waals surface area contributed by atoms with E-state index in [2.05, 4.69) is 36.2 Å². The Labute approximate surface area is 108 Å². The van der Waals surface area contributed by atoms with Crippen molar-refractivity contribution < 1.29 is 0 Å². The van der Waals surface area contributed by atoms with Crippen LogP contribution >= 0.6 is 0 Å². The van der Waals surface area contributed by atoms with Crippen molar-refractivity contribution in [3.63, 3.8) is 0 Å². The first-order chi connectivity index (χ1) is 8.74. The predicted molar refractivity (Wildman–Crippen MR) is 75.0 cm³/mol.